The number of alkyl halides is 3. The van der Waals surface area contributed by atoms with E-state index in [1.54, 1.807) is 13.1 Å². The van der Waals surface area contributed by atoms with Crippen LogP contribution in [0, 0.1) is 11.8 Å². The molecule has 0 atom stereocenters. The molecule has 1 saturated heterocycles. The molecule has 1 fully saturated rings. The number of carbonyl (C=O) groups is 1. The minimum Gasteiger partial charge on any atom is -0.322 e. The van der Waals surface area contributed by atoms with Crippen molar-refractivity contribution in [1.82, 2.24) is 30.0 Å². The number of allylic oxidation sites excluding steroid dienone is 1. The largest absolute Gasteiger partial charge is 0.416 e. The summed E-state index contributed by atoms with van der Waals surface area (Å²) in [4.78, 5) is 28.7. The number of benzene rings is 1. The smallest absolute Gasteiger partial charge is 0.322 e. The molecule has 1 aliphatic heterocycles. The lowest BCUT2D eigenvalue weighted by atomic mass is 10.0. The van der Waals surface area contributed by atoms with Crippen LogP contribution in [0.15, 0.2) is 59.1 Å². The maximum absolute atomic E-state index is 13.9. The Hall–Kier alpha value is -4.34. The zero-order chi connectivity index (χ0) is 28.0. The van der Waals surface area contributed by atoms with Gasteiger partial charge >= 0.3 is 6.18 Å². The van der Waals surface area contributed by atoms with Gasteiger partial charge in [0.25, 0.3) is 5.91 Å². The van der Waals surface area contributed by atoms with Gasteiger partial charge in [0.2, 0.25) is 0 Å². The number of halogens is 3. The van der Waals surface area contributed by atoms with E-state index >= 15 is 0 Å². The average molecular weight is 537 g/mol. The van der Waals surface area contributed by atoms with Gasteiger partial charge in [0.1, 0.15) is 12.0 Å². The molecule has 1 amide bonds. The Bertz CT molecular complexity index is 1490. The first-order valence-electron chi connectivity index (χ1n) is 12.1. The Balaban J connectivity index is 1.51. The molecule has 0 spiro atoms. The highest BCUT2D eigenvalue weighted by Gasteiger charge is 2.34. The Labute approximate surface area is 223 Å². The number of carbonyl (C=O) groups excluding carboxylic acids is 1. The Kier molecular flexibility index (Phi) is 8.53. The normalized spacial score (nSPS) is 15.6. The lowest BCUT2D eigenvalue weighted by Crippen LogP contribution is -2.44. The molecule has 3 aromatic rings. The lowest BCUT2D eigenvalue weighted by molar-refractivity contribution is -0.138. The molecule has 1 aliphatic rings. The quantitative estimate of drug-likeness (QED) is 0.216. The summed E-state index contributed by atoms with van der Waals surface area (Å²) < 4.78 is 41.8. The molecule has 1 aromatic carbocycles. The van der Waals surface area contributed by atoms with Crippen molar-refractivity contribution in [2.75, 3.05) is 38.5 Å². The summed E-state index contributed by atoms with van der Waals surface area (Å²) in [7, 11) is 1.99. The Morgan fingerprint density at radius 1 is 1.28 bits per heavy atom. The first-order valence-corrected chi connectivity index (χ1v) is 12.1. The van der Waals surface area contributed by atoms with Crippen LogP contribution in [0.25, 0.3) is 11.0 Å². The van der Waals surface area contributed by atoms with E-state index in [0.29, 0.717) is 35.4 Å². The van der Waals surface area contributed by atoms with Crippen molar-refractivity contribution in [3.05, 3.63) is 71.0 Å². The molecule has 12 heteroatoms. The highest BCUT2D eigenvalue weighted by atomic mass is 19.4. The predicted octanol–water partition coefficient (Wildman–Crippen LogP) is 3.64. The summed E-state index contributed by atoms with van der Waals surface area (Å²) in [6.07, 6.45) is 1.08. The number of amides is 1. The summed E-state index contributed by atoms with van der Waals surface area (Å²) in [5, 5.41) is 10.0. The fourth-order valence-electron chi connectivity index (χ4n) is 4.05. The molecule has 0 radical (unpaired) electrons. The SMILES string of the molecule is C=N/C=C(\C=C(/C)C#Cc1[nH]nc2ncncc12)C(=O)Nc1ccc(CN2CCN(C)CC2)c(C(F)(F)F)c1. The van der Waals surface area contributed by atoms with Crippen LogP contribution in [0.1, 0.15) is 23.7 Å². The van der Waals surface area contributed by atoms with Crippen LogP contribution in [0.3, 0.4) is 0 Å². The summed E-state index contributed by atoms with van der Waals surface area (Å²) in [5.41, 5.74) is 0.954. The Morgan fingerprint density at radius 3 is 2.77 bits per heavy atom. The molecule has 0 saturated carbocycles. The Morgan fingerprint density at radius 2 is 2.05 bits per heavy atom. The van der Waals surface area contributed by atoms with Crippen molar-refractivity contribution < 1.29 is 18.0 Å². The molecular weight excluding hydrogens is 509 g/mol. The number of rotatable bonds is 6. The zero-order valence-electron chi connectivity index (χ0n) is 21.5. The third-order valence-corrected chi connectivity index (χ3v) is 6.15. The number of aromatic nitrogens is 4. The van der Waals surface area contributed by atoms with Crippen molar-refractivity contribution in [2.45, 2.75) is 19.6 Å². The first kappa shape index (κ1) is 27.7. The number of anilines is 1. The van der Waals surface area contributed by atoms with Gasteiger partial charge in [-0.1, -0.05) is 12.0 Å². The van der Waals surface area contributed by atoms with Gasteiger partial charge in [-0.25, -0.2) is 9.97 Å². The molecule has 0 bridgehead atoms. The van der Waals surface area contributed by atoms with E-state index in [1.165, 1.54) is 30.7 Å². The lowest BCUT2D eigenvalue weighted by Gasteiger charge is -2.33. The van der Waals surface area contributed by atoms with E-state index in [1.807, 2.05) is 11.9 Å². The van der Waals surface area contributed by atoms with Crippen LogP contribution >= 0.6 is 0 Å². The fraction of sp³-hybridized carbons (Fsp3) is 0.296. The second-order valence-corrected chi connectivity index (χ2v) is 9.11. The van der Waals surface area contributed by atoms with Gasteiger partial charge < -0.3 is 10.2 Å². The monoisotopic (exact) mass is 536 g/mol. The van der Waals surface area contributed by atoms with Crippen LogP contribution in [-0.2, 0) is 17.5 Å². The molecular formula is C27H27F3N8O. The first-order chi connectivity index (χ1) is 18.6. The summed E-state index contributed by atoms with van der Waals surface area (Å²) >= 11 is 0. The summed E-state index contributed by atoms with van der Waals surface area (Å²) in [5.74, 6) is 5.18. The molecule has 0 unspecified atom stereocenters. The van der Waals surface area contributed by atoms with Crippen molar-refractivity contribution in [3.8, 4) is 11.8 Å². The van der Waals surface area contributed by atoms with Crippen molar-refractivity contribution in [2.24, 2.45) is 4.99 Å². The van der Waals surface area contributed by atoms with Gasteiger partial charge in [0.05, 0.1) is 16.5 Å². The maximum Gasteiger partial charge on any atom is 0.416 e. The van der Waals surface area contributed by atoms with Gasteiger partial charge in [0, 0.05) is 56.4 Å². The standard InChI is InChI=1S/C27H27F3N8O/c1-18(4-7-24-22-15-32-17-33-25(22)36-35-24)12-20(14-31-2)26(39)34-21-6-5-19(23(13-21)27(28,29)30)16-38-10-8-37(3)9-11-38/h5-6,12-15,17H,2,8-11,16H2,1,3H3,(H,34,39)(H,32,33,35,36)/b18-12+,20-14+. The van der Waals surface area contributed by atoms with Gasteiger partial charge in [-0.05, 0) is 50.4 Å². The van der Waals surface area contributed by atoms with E-state index < -0.39 is 17.6 Å². The van der Waals surface area contributed by atoms with E-state index in [9.17, 15) is 18.0 Å². The number of nitrogens with one attached hydrogen (secondary N) is 2. The molecule has 202 valence electrons. The third kappa shape index (κ3) is 7.16. The molecule has 2 aromatic heterocycles. The van der Waals surface area contributed by atoms with E-state index in [4.69, 9.17) is 0 Å². The van der Waals surface area contributed by atoms with Gasteiger partial charge in [-0.3, -0.25) is 19.8 Å². The van der Waals surface area contributed by atoms with Crippen LogP contribution in [0.4, 0.5) is 18.9 Å². The highest BCUT2D eigenvalue weighted by Crippen LogP contribution is 2.34. The number of H-pyrrole nitrogens is 1. The number of fused-ring (bicyclic) bond motifs is 1. The predicted molar refractivity (Wildman–Crippen MR) is 143 cm³/mol. The molecule has 9 nitrogen and oxygen atoms in total. The number of nitrogens with zero attached hydrogens (tertiary/aromatic N) is 6. The van der Waals surface area contributed by atoms with Crippen LogP contribution in [0.2, 0.25) is 0 Å². The van der Waals surface area contributed by atoms with Gasteiger partial charge in [0.15, 0.2) is 5.65 Å². The summed E-state index contributed by atoms with van der Waals surface area (Å²) in [6, 6.07) is 3.85. The van der Waals surface area contributed by atoms with E-state index in [0.717, 1.165) is 19.2 Å². The number of hydrogen-bond donors (Lipinski definition) is 2. The van der Waals surface area contributed by atoms with E-state index in [-0.39, 0.29) is 23.4 Å². The number of aromatic amines is 1. The van der Waals surface area contributed by atoms with E-state index in [2.05, 4.69) is 53.9 Å². The topological polar surface area (TPSA) is 102 Å². The van der Waals surface area contributed by atoms with Gasteiger partial charge in [-0.2, -0.15) is 18.3 Å². The molecule has 2 N–H and O–H groups in total. The number of likely N-dealkylation sites (N-methyl/N-ethyl adjacent to an activating group) is 1. The van der Waals surface area contributed by atoms with Crippen LogP contribution in [-0.4, -0.2) is 75.8 Å². The van der Waals surface area contributed by atoms with Crippen molar-refractivity contribution in [3.63, 3.8) is 0 Å². The molecule has 3 heterocycles. The third-order valence-electron chi connectivity index (χ3n) is 6.15. The summed E-state index contributed by atoms with van der Waals surface area (Å²) in [6.45, 7) is 8.22. The van der Waals surface area contributed by atoms with Crippen molar-refractivity contribution >= 4 is 29.3 Å². The second-order valence-electron chi connectivity index (χ2n) is 9.11. The number of piperazine rings is 1. The number of hydrogen-bond acceptors (Lipinski definition) is 7. The fourth-order valence-corrected chi connectivity index (χ4v) is 4.05. The second kappa shape index (κ2) is 12.0. The molecule has 4 rings (SSSR count). The highest BCUT2D eigenvalue weighted by molar-refractivity contribution is 6.06. The van der Waals surface area contributed by atoms with Crippen LogP contribution < -0.4 is 5.32 Å². The molecule has 39 heavy (non-hydrogen) atoms. The number of aliphatic imine (C=N–C) groups is 1. The minimum atomic E-state index is -4.57. The minimum absolute atomic E-state index is 0.0190. The maximum atomic E-state index is 13.9. The average Bonchev–Trinajstić information content (AvgIpc) is 3.32. The van der Waals surface area contributed by atoms with Crippen LogP contribution in [0.5, 0.6) is 0 Å². The molecule has 0 aliphatic carbocycles. The van der Waals surface area contributed by atoms with Crippen molar-refractivity contribution in [1.29, 1.82) is 0 Å². The van der Waals surface area contributed by atoms with Gasteiger partial charge in [-0.15, -0.1) is 0 Å². The zero-order valence-corrected chi connectivity index (χ0v) is 21.5.